The summed E-state index contributed by atoms with van der Waals surface area (Å²) in [6.07, 6.45) is 1.60. The van der Waals surface area contributed by atoms with E-state index in [4.69, 9.17) is 4.74 Å². The molecule has 1 atom stereocenters. The van der Waals surface area contributed by atoms with E-state index in [2.05, 4.69) is 16.0 Å². The number of carbonyl (C=O) groups excluding carboxylic acids is 3. The second-order valence-electron chi connectivity index (χ2n) is 9.63. The number of hydrogen-bond acceptors (Lipinski definition) is 5. The lowest BCUT2D eigenvalue weighted by Crippen LogP contribution is -2.30. The predicted octanol–water partition coefficient (Wildman–Crippen LogP) is 6.84. The highest BCUT2D eigenvalue weighted by molar-refractivity contribution is 8.00. The minimum Gasteiger partial charge on any atom is -0.497 e. The molecule has 0 aliphatic carbocycles. The Morgan fingerprint density at radius 1 is 0.833 bits per heavy atom. The SMILES string of the molecule is COc1cccc(/C=C(\NC(=O)c2ccccc2)C(=O)Nc2ccc(SC(C)C(=O)Nc3cccc(C)c3C)cc2)c1. The van der Waals surface area contributed by atoms with Crippen LogP contribution < -0.4 is 20.7 Å². The molecule has 3 amide bonds. The molecule has 4 aromatic rings. The van der Waals surface area contributed by atoms with Crippen LogP contribution in [0.5, 0.6) is 5.75 Å². The standard InChI is InChI=1S/C34H33N3O4S/c1-22-10-8-15-30(23(22)2)36-32(38)24(3)42-29-18-16-27(17-19-29)35-34(40)31(21-25-11-9-14-28(20-25)41-4)37-33(39)26-12-6-5-7-13-26/h5-21,24H,1-4H3,(H,35,40)(H,36,38)(H,37,39)/b31-21-. The first-order valence-electron chi connectivity index (χ1n) is 13.4. The first kappa shape index (κ1) is 30.1. The molecule has 0 fully saturated rings. The maximum Gasteiger partial charge on any atom is 0.272 e. The molecule has 8 heteroatoms. The third-order valence-corrected chi connectivity index (χ3v) is 7.70. The number of nitrogens with one attached hydrogen (secondary N) is 3. The van der Waals surface area contributed by atoms with Crippen LogP contribution in [-0.2, 0) is 9.59 Å². The van der Waals surface area contributed by atoms with E-state index in [-0.39, 0.29) is 16.9 Å². The fourth-order valence-corrected chi connectivity index (χ4v) is 4.90. The van der Waals surface area contributed by atoms with Crippen molar-refractivity contribution in [3.63, 3.8) is 0 Å². The van der Waals surface area contributed by atoms with Gasteiger partial charge in [-0.15, -0.1) is 11.8 Å². The molecule has 0 heterocycles. The van der Waals surface area contributed by atoms with Crippen molar-refractivity contribution < 1.29 is 19.1 Å². The fourth-order valence-electron chi connectivity index (χ4n) is 4.03. The zero-order chi connectivity index (χ0) is 30.1. The highest BCUT2D eigenvalue weighted by Gasteiger charge is 2.17. The Bertz CT molecular complexity index is 1600. The van der Waals surface area contributed by atoms with E-state index in [1.807, 2.05) is 63.2 Å². The first-order valence-corrected chi connectivity index (χ1v) is 14.3. The molecule has 0 aliphatic heterocycles. The number of amides is 3. The van der Waals surface area contributed by atoms with E-state index >= 15 is 0 Å². The van der Waals surface area contributed by atoms with Crippen molar-refractivity contribution in [2.75, 3.05) is 17.7 Å². The number of carbonyl (C=O) groups is 3. The van der Waals surface area contributed by atoms with Crippen molar-refractivity contribution >= 4 is 46.9 Å². The molecule has 0 bridgehead atoms. The van der Waals surface area contributed by atoms with Gasteiger partial charge >= 0.3 is 0 Å². The number of rotatable bonds is 10. The number of aryl methyl sites for hydroxylation is 1. The maximum absolute atomic E-state index is 13.3. The monoisotopic (exact) mass is 579 g/mol. The van der Waals surface area contributed by atoms with Crippen LogP contribution in [0, 0.1) is 13.8 Å². The molecule has 214 valence electrons. The Labute approximate surface area is 250 Å². The van der Waals surface area contributed by atoms with Crippen LogP contribution in [-0.4, -0.2) is 30.1 Å². The maximum atomic E-state index is 13.3. The lowest BCUT2D eigenvalue weighted by molar-refractivity contribution is -0.115. The molecule has 42 heavy (non-hydrogen) atoms. The highest BCUT2D eigenvalue weighted by atomic mass is 32.2. The van der Waals surface area contributed by atoms with Gasteiger partial charge in [0.15, 0.2) is 0 Å². The quantitative estimate of drug-likeness (QED) is 0.141. The fraction of sp³-hybridized carbons (Fsp3) is 0.147. The van der Waals surface area contributed by atoms with E-state index in [0.29, 0.717) is 22.6 Å². The molecule has 0 saturated heterocycles. The summed E-state index contributed by atoms with van der Waals surface area (Å²) in [5.74, 6) is -0.348. The Kier molecular flexibility index (Phi) is 10.2. The van der Waals surface area contributed by atoms with Gasteiger partial charge in [0, 0.05) is 21.8 Å². The minimum absolute atomic E-state index is 0.0762. The number of benzene rings is 4. The van der Waals surface area contributed by atoms with Gasteiger partial charge in [0.25, 0.3) is 11.8 Å². The number of hydrogen-bond donors (Lipinski definition) is 3. The summed E-state index contributed by atoms with van der Waals surface area (Å²) in [6.45, 7) is 5.85. The van der Waals surface area contributed by atoms with Crippen molar-refractivity contribution in [3.05, 3.63) is 125 Å². The molecule has 0 saturated carbocycles. The van der Waals surface area contributed by atoms with Gasteiger partial charge in [-0.05, 0) is 98.1 Å². The van der Waals surface area contributed by atoms with Crippen LogP contribution in [0.4, 0.5) is 11.4 Å². The van der Waals surface area contributed by atoms with Crippen molar-refractivity contribution in [1.29, 1.82) is 0 Å². The molecule has 4 rings (SSSR count). The van der Waals surface area contributed by atoms with Crippen LogP contribution in [0.15, 0.2) is 108 Å². The first-order chi connectivity index (χ1) is 20.2. The molecule has 7 nitrogen and oxygen atoms in total. The second kappa shape index (κ2) is 14.2. The van der Waals surface area contributed by atoms with Gasteiger partial charge < -0.3 is 20.7 Å². The molecule has 1 unspecified atom stereocenters. The average molecular weight is 580 g/mol. The summed E-state index contributed by atoms with van der Waals surface area (Å²) in [4.78, 5) is 39.9. The summed E-state index contributed by atoms with van der Waals surface area (Å²) >= 11 is 1.42. The smallest absolute Gasteiger partial charge is 0.272 e. The minimum atomic E-state index is -0.483. The second-order valence-corrected chi connectivity index (χ2v) is 11.0. The average Bonchev–Trinajstić information content (AvgIpc) is 3.00. The van der Waals surface area contributed by atoms with E-state index < -0.39 is 11.8 Å². The molecule has 0 spiro atoms. The zero-order valence-corrected chi connectivity index (χ0v) is 24.8. The van der Waals surface area contributed by atoms with Gasteiger partial charge in [-0.1, -0.05) is 42.5 Å². The van der Waals surface area contributed by atoms with Crippen molar-refractivity contribution in [3.8, 4) is 5.75 Å². The molecular weight excluding hydrogens is 546 g/mol. The number of anilines is 2. The molecule has 3 N–H and O–H groups in total. The molecular formula is C34H33N3O4S. The van der Waals surface area contributed by atoms with Crippen LogP contribution in [0.25, 0.3) is 6.08 Å². The molecule has 4 aromatic carbocycles. The van der Waals surface area contributed by atoms with Gasteiger partial charge in [0.2, 0.25) is 5.91 Å². The number of methoxy groups -OCH3 is 1. The Morgan fingerprint density at radius 2 is 1.55 bits per heavy atom. The Balaban J connectivity index is 1.45. The largest absolute Gasteiger partial charge is 0.497 e. The normalized spacial score (nSPS) is 11.8. The van der Waals surface area contributed by atoms with Gasteiger partial charge in [-0.25, -0.2) is 0 Å². The lowest BCUT2D eigenvalue weighted by Gasteiger charge is -2.15. The van der Waals surface area contributed by atoms with Crippen LogP contribution in [0.3, 0.4) is 0 Å². The van der Waals surface area contributed by atoms with E-state index in [1.54, 1.807) is 67.8 Å². The summed E-state index contributed by atoms with van der Waals surface area (Å²) in [5, 5.41) is 8.26. The third-order valence-electron chi connectivity index (χ3n) is 6.59. The van der Waals surface area contributed by atoms with Gasteiger partial charge in [-0.2, -0.15) is 0 Å². The Hall–Kier alpha value is -4.82. The Morgan fingerprint density at radius 3 is 2.26 bits per heavy atom. The highest BCUT2D eigenvalue weighted by Crippen LogP contribution is 2.27. The third kappa shape index (κ3) is 8.11. The summed E-state index contributed by atoms with van der Waals surface area (Å²) in [5.41, 5.74) is 4.71. The van der Waals surface area contributed by atoms with Gasteiger partial charge in [0.05, 0.1) is 12.4 Å². The van der Waals surface area contributed by atoms with Gasteiger partial charge in [0.1, 0.15) is 11.4 Å². The van der Waals surface area contributed by atoms with Crippen LogP contribution in [0.2, 0.25) is 0 Å². The molecule has 0 aromatic heterocycles. The topological polar surface area (TPSA) is 96.5 Å². The predicted molar refractivity (Wildman–Crippen MR) is 170 cm³/mol. The number of thioether (sulfide) groups is 1. The molecule has 0 aliphatic rings. The summed E-state index contributed by atoms with van der Waals surface area (Å²) < 4.78 is 5.29. The van der Waals surface area contributed by atoms with Crippen molar-refractivity contribution in [2.24, 2.45) is 0 Å². The van der Waals surface area contributed by atoms with Crippen LogP contribution in [0.1, 0.15) is 34.0 Å². The van der Waals surface area contributed by atoms with E-state index in [0.717, 1.165) is 21.7 Å². The zero-order valence-electron chi connectivity index (χ0n) is 23.9. The summed E-state index contributed by atoms with van der Waals surface area (Å²) in [7, 11) is 1.56. The van der Waals surface area contributed by atoms with E-state index in [9.17, 15) is 14.4 Å². The van der Waals surface area contributed by atoms with Crippen molar-refractivity contribution in [1.82, 2.24) is 5.32 Å². The summed E-state index contributed by atoms with van der Waals surface area (Å²) in [6, 6.07) is 28.9. The molecule has 0 radical (unpaired) electrons. The van der Waals surface area contributed by atoms with Crippen LogP contribution >= 0.6 is 11.8 Å². The van der Waals surface area contributed by atoms with Crippen molar-refractivity contribution in [2.45, 2.75) is 30.9 Å². The lowest BCUT2D eigenvalue weighted by atomic mass is 10.1. The van der Waals surface area contributed by atoms with Gasteiger partial charge in [-0.3, -0.25) is 14.4 Å². The van der Waals surface area contributed by atoms with E-state index in [1.165, 1.54) is 11.8 Å². The number of ether oxygens (including phenoxy) is 1.